The van der Waals surface area contributed by atoms with E-state index in [1.165, 1.54) is 6.42 Å². The van der Waals surface area contributed by atoms with Crippen LogP contribution in [0.25, 0.3) is 0 Å². The van der Waals surface area contributed by atoms with Crippen LogP contribution in [0.5, 0.6) is 0 Å². The number of nitrogens with zero attached hydrogens (tertiary/aromatic N) is 2. The van der Waals surface area contributed by atoms with E-state index >= 15 is 0 Å². The van der Waals surface area contributed by atoms with Gasteiger partial charge >= 0.3 is 0 Å². The average Bonchev–Trinajstić information content (AvgIpc) is 2.96. The van der Waals surface area contributed by atoms with Gasteiger partial charge in [0.2, 0.25) is 0 Å². The molecule has 0 bridgehead atoms. The van der Waals surface area contributed by atoms with Gasteiger partial charge in [0.05, 0.1) is 23.9 Å². The Morgan fingerprint density at radius 3 is 2.75 bits per heavy atom. The normalized spacial score (nSPS) is 21.2. The number of aromatic nitrogens is 2. The van der Waals surface area contributed by atoms with Crippen molar-refractivity contribution in [2.75, 3.05) is 6.54 Å². The van der Waals surface area contributed by atoms with Crippen molar-refractivity contribution in [1.29, 1.82) is 0 Å². The Bertz CT molecular complexity index is 523. The summed E-state index contributed by atoms with van der Waals surface area (Å²) in [6.45, 7) is 6.93. The number of carbonyl (C=O) groups is 1. The zero-order valence-electron chi connectivity index (χ0n) is 15.4. The molecule has 1 heterocycles. The molecule has 1 aliphatic carbocycles. The van der Waals surface area contributed by atoms with Crippen LogP contribution in [0.4, 0.5) is 0 Å². The van der Waals surface area contributed by atoms with Gasteiger partial charge < -0.3 is 10.4 Å². The molecule has 2 atom stereocenters. The van der Waals surface area contributed by atoms with Gasteiger partial charge in [-0.1, -0.05) is 26.7 Å². The minimum absolute atomic E-state index is 0.0334. The number of rotatable bonds is 8. The molecule has 2 N–H and O–H groups in total. The number of hydrogen-bond acceptors (Lipinski definition) is 3. The van der Waals surface area contributed by atoms with Crippen molar-refractivity contribution in [2.24, 2.45) is 5.92 Å². The van der Waals surface area contributed by atoms with Gasteiger partial charge in [-0.25, -0.2) is 0 Å². The third-order valence-electron chi connectivity index (χ3n) is 5.48. The van der Waals surface area contributed by atoms with Gasteiger partial charge in [-0.05, 0) is 51.4 Å². The molecule has 1 aromatic heterocycles. The maximum atomic E-state index is 12.4. The molecule has 0 saturated heterocycles. The number of aliphatic hydroxyl groups is 1. The monoisotopic (exact) mass is 335 g/mol. The topological polar surface area (TPSA) is 67.2 Å². The lowest BCUT2D eigenvalue weighted by atomic mass is 9.83. The van der Waals surface area contributed by atoms with Crippen molar-refractivity contribution in [3.8, 4) is 0 Å². The van der Waals surface area contributed by atoms with Gasteiger partial charge in [0.25, 0.3) is 5.91 Å². The van der Waals surface area contributed by atoms with E-state index in [2.05, 4.69) is 24.3 Å². The molecule has 136 valence electrons. The number of aliphatic hydroxyl groups excluding tert-OH is 1. The highest BCUT2D eigenvalue weighted by Gasteiger charge is 2.22. The second-order valence-electron chi connectivity index (χ2n) is 7.07. The van der Waals surface area contributed by atoms with Crippen LogP contribution in [0.15, 0.2) is 6.20 Å². The van der Waals surface area contributed by atoms with Crippen LogP contribution in [0.1, 0.15) is 87.3 Å². The predicted molar refractivity (Wildman–Crippen MR) is 96.1 cm³/mol. The number of nitrogens with one attached hydrogen (secondary N) is 1. The summed E-state index contributed by atoms with van der Waals surface area (Å²) < 4.78 is 1.98. The second-order valence-corrected chi connectivity index (χ2v) is 7.07. The Balaban J connectivity index is 1.80. The smallest absolute Gasteiger partial charge is 0.254 e. The Morgan fingerprint density at radius 1 is 1.38 bits per heavy atom. The minimum atomic E-state index is -0.144. The summed E-state index contributed by atoms with van der Waals surface area (Å²) in [7, 11) is 0. The summed E-state index contributed by atoms with van der Waals surface area (Å²) in [6, 6.07) is 0.360. The van der Waals surface area contributed by atoms with Gasteiger partial charge in [0.15, 0.2) is 0 Å². The van der Waals surface area contributed by atoms with Crippen molar-refractivity contribution >= 4 is 5.91 Å². The molecule has 2 unspecified atom stereocenters. The van der Waals surface area contributed by atoms with E-state index in [9.17, 15) is 9.90 Å². The van der Waals surface area contributed by atoms with E-state index < -0.39 is 0 Å². The predicted octanol–water partition coefficient (Wildman–Crippen LogP) is 3.61. The Labute approximate surface area is 145 Å². The zero-order valence-corrected chi connectivity index (χ0v) is 15.4. The summed E-state index contributed by atoms with van der Waals surface area (Å²) in [6.07, 6.45) is 9.93. The first-order chi connectivity index (χ1) is 11.6. The van der Waals surface area contributed by atoms with Crippen LogP contribution in [-0.4, -0.2) is 33.4 Å². The van der Waals surface area contributed by atoms with E-state index in [1.807, 2.05) is 11.6 Å². The van der Waals surface area contributed by atoms with E-state index in [-0.39, 0.29) is 12.0 Å². The van der Waals surface area contributed by atoms with Crippen LogP contribution in [0, 0.1) is 12.8 Å². The Morgan fingerprint density at radius 2 is 2.08 bits per heavy atom. The summed E-state index contributed by atoms with van der Waals surface area (Å²) in [5.41, 5.74) is 1.63. The van der Waals surface area contributed by atoms with E-state index in [0.717, 1.165) is 50.6 Å². The van der Waals surface area contributed by atoms with Crippen LogP contribution >= 0.6 is 0 Å². The maximum absolute atomic E-state index is 12.4. The second kappa shape index (κ2) is 9.21. The highest BCUT2D eigenvalue weighted by Crippen LogP contribution is 2.27. The lowest BCUT2D eigenvalue weighted by Crippen LogP contribution is -2.28. The lowest BCUT2D eigenvalue weighted by Gasteiger charge is -2.27. The average molecular weight is 335 g/mol. The molecule has 0 aromatic carbocycles. The molecule has 0 radical (unpaired) electrons. The maximum Gasteiger partial charge on any atom is 0.254 e. The quantitative estimate of drug-likeness (QED) is 0.713. The fraction of sp³-hybridized carbons (Fsp3) is 0.789. The Hall–Kier alpha value is -1.36. The van der Waals surface area contributed by atoms with Crippen molar-refractivity contribution in [3.63, 3.8) is 0 Å². The van der Waals surface area contributed by atoms with Crippen molar-refractivity contribution in [3.05, 3.63) is 17.5 Å². The molecule has 5 nitrogen and oxygen atoms in total. The molecule has 0 spiro atoms. The first kappa shape index (κ1) is 19.0. The van der Waals surface area contributed by atoms with Gasteiger partial charge in [-0.3, -0.25) is 9.48 Å². The summed E-state index contributed by atoms with van der Waals surface area (Å²) in [4.78, 5) is 12.4. The van der Waals surface area contributed by atoms with Gasteiger partial charge in [-0.15, -0.1) is 0 Å². The largest absolute Gasteiger partial charge is 0.393 e. The first-order valence-corrected chi connectivity index (χ1v) is 9.58. The number of hydrogen-bond donors (Lipinski definition) is 2. The van der Waals surface area contributed by atoms with E-state index in [4.69, 9.17) is 0 Å². The highest BCUT2D eigenvalue weighted by molar-refractivity contribution is 5.95. The fourth-order valence-corrected chi connectivity index (χ4v) is 3.84. The number of carbonyl (C=O) groups excluding carboxylic acids is 1. The standard InChI is InChI=1S/C19H33N3O2/c1-4-16(5-2)22-14(3)17(13-21-22)19(24)20-12-8-10-15-9-6-7-11-18(15)23/h13,15-16,18,23H,4-12H2,1-3H3,(H,20,24). The summed E-state index contributed by atoms with van der Waals surface area (Å²) in [5, 5.41) is 17.4. The molecule has 24 heavy (non-hydrogen) atoms. The molecule has 1 fully saturated rings. The van der Waals surface area contributed by atoms with Crippen LogP contribution in [0.3, 0.4) is 0 Å². The lowest BCUT2D eigenvalue weighted by molar-refractivity contribution is 0.0641. The summed E-state index contributed by atoms with van der Waals surface area (Å²) >= 11 is 0. The van der Waals surface area contributed by atoms with Crippen molar-refractivity contribution in [2.45, 2.75) is 84.3 Å². The SMILES string of the molecule is CCC(CC)n1ncc(C(=O)NCCCC2CCCCC2O)c1C. The van der Waals surface area contributed by atoms with Gasteiger partial charge in [-0.2, -0.15) is 5.10 Å². The van der Waals surface area contributed by atoms with Crippen LogP contribution < -0.4 is 5.32 Å². The third kappa shape index (κ3) is 4.59. The number of amides is 1. The molecule has 5 heteroatoms. The highest BCUT2D eigenvalue weighted by atomic mass is 16.3. The fourth-order valence-electron chi connectivity index (χ4n) is 3.84. The molecule has 1 amide bonds. The van der Waals surface area contributed by atoms with E-state index in [1.54, 1.807) is 6.20 Å². The van der Waals surface area contributed by atoms with E-state index in [0.29, 0.717) is 24.1 Å². The molecule has 1 aliphatic rings. The Kier molecular flexibility index (Phi) is 7.28. The summed E-state index contributed by atoms with van der Waals surface area (Å²) in [5.74, 6) is 0.379. The zero-order chi connectivity index (χ0) is 17.5. The molecular formula is C19H33N3O2. The molecule has 1 saturated carbocycles. The van der Waals surface area contributed by atoms with Gasteiger partial charge in [0, 0.05) is 12.2 Å². The molecule has 2 rings (SSSR count). The van der Waals surface area contributed by atoms with Gasteiger partial charge in [0.1, 0.15) is 0 Å². The minimum Gasteiger partial charge on any atom is -0.393 e. The van der Waals surface area contributed by atoms with Crippen LogP contribution in [-0.2, 0) is 0 Å². The molecule has 0 aliphatic heterocycles. The third-order valence-corrected chi connectivity index (χ3v) is 5.48. The molecular weight excluding hydrogens is 302 g/mol. The first-order valence-electron chi connectivity index (χ1n) is 9.58. The van der Waals surface area contributed by atoms with Crippen molar-refractivity contribution < 1.29 is 9.90 Å². The van der Waals surface area contributed by atoms with Crippen LogP contribution in [0.2, 0.25) is 0 Å². The van der Waals surface area contributed by atoms with Crippen molar-refractivity contribution in [1.82, 2.24) is 15.1 Å². The molecule has 1 aromatic rings.